The van der Waals surface area contributed by atoms with Crippen LogP contribution in [0.3, 0.4) is 0 Å². The van der Waals surface area contributed by atoms with Crippen LogP contribution in [-0.4, -0.2) is 43.5 Å². The molecule has 1 atom stereocenters. The first kappa shape index (κ1) is 25.4. The summed E-state index contributed by atoms with van der Waals surface area (Å²) < 4.78 is 43.7. The Hall–Kier alpha value is -3.73. The van der Waals surface area contributed by atoms with Crippen LogP contribution in [0.25, 0.3) is 16.6 Å². The van der Waals surface area contributed by atoms with E-state index in [2.05, 4.69) is 15.1 Å². The number of carbonyl (C=O) groups excluding carboxylic acids is 1. The third-order valence-corrected chi connectivity index (χ3v) is 6.28. The lowest BCUT2D eigenvalue weighted by atomic mass is 9.94. The van der Waals surface area contributed by atoms with Gasteiger partial charge in [0.15, 0.2) is 17.3 Å². The first-order valence-corrected chi connectivity index (χ1v) is 11.5. The van der Waals surface area contributed by atoms with Crippen molar-refractivity contribution < 1.29 is 18.0 Å². The first-order chi connectivity index (χ1) is 16.9. The van der Waals surface area contributed by atoms with Crippen molar-refractivity contribution >= 4 is 28.4 Å². The number of rotatable bonds is 7. The Morgan fingerprint density at radius 3 is 2.53 bits per heavy atom. The highest BCUT2D eigenvalue weighted by Crippen LogP contribution is 2.25. The van der Waals surface area contributed by atoms with Gasteiger partial charge in [-0.1, -0.05) is 6.07 Å². The van der Waals surface area contributed by atoms with Crippen molar-refractivity contribution in [1.29, 1.82) is 0 Å². The lowest BCUT2D eigenvalue weighted by molar-refractivity contribution is 0.0735. The molecule has 0 fully saturated rings. The molecular weight excluding hydrogens is 471 g/mol. The Bertz CT molecular complexity index is 1460. The summed E-state index contributed by atoms with van der Waals surface area (Å²) in [5.74, 6) is -2.02. The molecule has 0 radical (unpaired) electrons. The predicted molar refractivity (Wildman–Crippen MR) is 131 cm³/mol. The summed E-state index contributed by atoms with van der Waals surface area (Å²) in [6, 6.07) is 6.06. The van der Waals surface area contributed by atoms with Gasteiger partial charge in [0.25, 0.3) is 5.91 Å². The summed E-state index contributed by atoms with van der Waals surface area (Å²) in [4.78, 5) is 22.8. The smallest absolute Gasteiger partial charge is 0.253 e. The third kappa shape index (κ3) is 4.83. The van der Waals surface area contributed by atoms with Crippen LogP contribution in [0.15, 0.2) is 30.3 Å². The second-order valence-electron chi connectivity index (χ2n) is 9.59. The molecule has 190 valence electrons. The normalized spacial score (nSPS) is 12.9. The molecule has 2 heterocycles. The van der Waals surface area contributed by atoms with Crippen LogP contribution in [0.1, 0.15) is 55.4 Å². The van der Waals surface area contributed by atoms with Crippen molar-refractivity contribution in [2.24, 2.45) is 5.73 Å². The number of nitrogens with zero attached hydrogens (tertiary/aromatic N) is 5. The average molecular weight is 500 g/mol. The van der Waals surface area contributed by atoms with Gasteiger partial charge in [0.2, 0.25) is 5.95 Å². The van der Waals surface area contributed by atoms with Gasteiger partial charge in [-0.15, -0.1) is 5.10 Å². The molecule has 0 spiro atoms. The number of nitrogens with two attached hydrogens (primary N) is 2. The summed E-state index contributed by atoms with van der Waals surface area (Å²) in [7, 11) is 1.66. The standard InChI is InChI=1S/C25H28F3N7O/c1-13(34(4)23(36)14-8-9-17(18(27)10-14)25(2,3)30)6-5-7-20-31-22-16-11-15(26)12-19(28)21(16)32-24(29)35(22)33-20/h8-13H,5-7,30H2,1-4H3,(H2,29,32)/t13-/m0/s1. The highest BCUT2D eigenvalue weighted by Gasteiger charge is 2.23. The number of fused-ring (bicyclic) bond motifs is 3. The molecule has 0 bridgehead atoms. The van der Waals surface area contributed by atoms with Crippen molar-refractivity contribution in [1.82, 2.24) is 24.5 Å². The van der Waals surface area contributed by atoms with Gasteiger partial charge in [0, 0.05) is 42.2 Å². The minimum Gasteiger partial charge on any atom is -0.368 e. The highest BCUT2D eigenvalue weighted by atomic mass is 19.1. The molecule has 2 aromatic heterocycles. The number of carbonyl (C=O) groups is 1. The van der Waals surface area contributed by atoms with Crippen LogP contribution in [0.4, 0.5) is 19.1 Å². The van der Waals surface area contributed by atoms with Crippen molar-refractivity contribution in [3.05, 3.63) is 64.7 Å². The molecule has 0 unspecified atom stereocenters. The number of anilines is 1. The minimum absolute atomic E-state index is 0.0586. The van der Waals surface area contributed by atoms with E-state index in [1.807, 2.05) is 6.92 Å². The molecule has 4 rings (SSSR count). The molecular formula is C25H28F3N7O. The van der Waals surface area contributed by atoms with Crippen molar-refractivity contribution in [2.75, 3.05) is 12.8 Å². The van der Waals surface area contributed by atoms with E-state index in [-0.39, 0.29) is 40.0 Å². The van der Waals surface area contributed by atoms with E-state index in [9.17, 15) is 18.0 Å². The molecule has 4 N–H and O–H groups in total. The van der Waals surface area contributed by atoms with Crippen molar-refractivity contribution in [3.63, 3.8) is 0 Å². The second-order valence-corrected chi connectivity index (χ2v) is 9.59. The summed E-state index contributed by atoms with van der Waals surface area (Å²) in [6.07, 6.45) is 1.69. The number of aromatic nitrogens is 4. The number of nitrogen functional groups attached to an aromatic ring is 1. The molecule has 8 nitrogen and oxygen atoms in total. The van der Waals surface area contributed by atoms with Crippen molar-refractivity contribution in [3.8, 4) is 0 Å². The fourth-order valence-corrected chi connectivity index (χ4v) is 4.13. The summed E-state index contributed by atoms with van der Waals surface area (Å²) >= 11 is 0. The Kier molecular flexibility index (Phi) is 6.61. The topological polar surface area (TPSA) is 115 Å². The van der Waals surface area contributed by atoms with Gasteiger partial charge in [-0.25, -0.2) is 23.1 Å². The SMILES string of the molecule is C[C@@H](CCCc1nc2c3cc(F)cc(F)c3nc(N)n2n1)N(C)C(=O)c1ccc(C(C)(C)N)c(F)c1. The van der Waals surface area contributed by atoms with E-state index in [4.69, 9.17) is 11.5 Å². The van der Waals surface area contributed by atoms with Gasteiger partial charge >= 0.3 is 0 Å². The molecule has 0 saturated heterocycles. The van der Waals surface area contributed by atoms with Crippen LogP contribution in [0, 0.1) is 17.5 Å². The van der Waals surface area contributed by atoms with Crippen LogP contribution in [0.5, 0.6) is 0 Å². The van der Waals surface area contributed by atoms with Crippen LogP contribution in [-0.2, 0) is 12.0 Å². The highest BCUT2D eigenvalue weighted by molar-refractivity contribution is 5.94. The second kappa shape index (κ2) is 9.38. The monoisotopic (exact) mass is 499 g/mol. The predicted octanol–water partition coefficient (Wildman–Crippen LogP) is 3.95. The van der Waals surface area contributed by atoms with Gasteiger partial charge in [0.1, 0.15) is 17.2 Å². The van der Waals surface area contributed by atoms with Gasteiger partial charge in [0.05, 0.1) is 5.39 Å². The Balaban J connectivity index is 1.44. The zero-order chi connectivity index (χ0) is 26.4. The number of benzene rings is 2. The van der Waals surface area contributed by atoms with Gasteiger partial charge in [-0.3, -0.25) is 4.79 Å². The number of hydrogen-bond donors (Lipinski definition) is 2. The van der Waals surface area contributed by atoms with Gasteiger partial charge in [-0.05, 0) is 51.8 Å². The number of hydrogen-bond acceptors (Lipinski definition) is 6. The Morgan fingerprint density at radius 1 is 1.14 bits per heavy atom. The zero-order valence-corrected chi connectivity index (χ0v) is 20.5. The quantitative estimate of drug-likeness (QED) is 0.398. The molecule has 36 heavy (non-hydrogen) atoms. The minimum atomic E-state index is -0.855. The molecule has 11 heteroatoms. The lowest BCUT2D eigenvalue weighted by Gasteiger charge is -2.26. The van der Waals surface area contributed by atoms with E-state index in [1.165, 1.54) is 16.6 Å². The first-order valence-electron chi connectivity index (χ1n) is 11.5. The van der Waals surface area contributed by atoms with E-state index in [1.54, 1.807) is 31.9 Å². The van der Waals surface area contributed by atoms with E-state index < -0.39 is 23.0 Å². The molecule has 4 aromatic rings. The number of amides is 1. The largest absolute Gasteiger partial charge is 0.368 e. The van der Waals surface area contributed by atoms with Crippen LogP contribution < -0.4 is 11.5 Å². The van der Waals surface area contributed by atoms with Crippen LogP contribution in [0.2, 0.25) is 0 Å². The van der Waals surface area contributed by atoms with Gasteiger partial charge < -0.3 is 16.4 Å². The van der Waals surface area contributed by atoms with E-state index in [0.717, 1.165) is 12.1 Å². The third-order valence-electron chi connectivity index (χ3n) is 6.28. The number of halogens is 3. The average Bonchev–Trinajstić information content (AvgIpc) is 3.23. The number of aryl methyl sites for hydroxylation is 1. The van der Waals surface area contributed by atoms with E-state index in [0.29, 0.717) is 30.7 Å². The maximum Gasteiger partial charge on any atom is 0.253 e. The Labute approximate surface area is 206 Å². The summed E-state index contributed by atoms with van der Waals surface area (Å²) in [6.45, 7) is 5.29. The lowest BCUT2D eigenvalue weighted by Crippen LogP contribution is -2.35. The van der Waals surface area contributed by atoms with Crippen molar-refractivity contribution in [2.45, 2.75) is 51.6 Å². The summed E-state index contributed by atoms with van der Waals surface area (Å²) in [5, 5.41) is 4.50. The summed E-state index contributed by atoms with van der Waals surface area (Å²) in [5.41, 5.74) is 11.7. The maximum atomic E-state index is 14.5. The molecule has 0 saturated carbocycles. The molecule has 1 amide bonds. The molecule has 0 aliphatic heterocycles. The fraction of sp³-hybridized carbons (Fsp3) is 0.360. The molecule has 2 aromatic carbocycles. The molecule has 0 aliphatic carbocycles. The van der Waals surface area contributed by atoms with Gasteiger partial charge in [-0.2, -0.15) is 4.52 Å². The fourth-order valence-electron chi connectivity index (χ4n) is 4.13. The van der Waals surface area contributed by atoms with Crippen LogP contribution >= 0.6 is 0 Å². The Morgan fingerprint density at radius 2 is 1.86 bits per heavy atom. The maximum absolute atomic E-state index is 14.5. The zero-order valence-electron chi connectivity index (χ0n) is 20.5. The molecule has 0 aliphatic rings. The van der Waals surface area contributed by atoms with E-state index >= 15 is 0 Å².